The number of anilines is 1. The summed E-state index contributed by atoms with van der Waals surface area (Å²) in [7, 11) is 2.12. The van der Waals surface area contributed by atoms with E-state index in [1.54, 1.807) is 6.07 Å². The second-order valence-corrected chi connectivity index (χ2v) is 5.37. The maximum atomic E-state index is 12.4. The van der Waals surface area contributed by atoms with Crippen molar-refractivity contribution in [2.75, 3.05) is 25.9 Å². The summed E-state index contributed by atoms with van der Waals surface area (Å²) in [4.78, 5) is 14.7. The molecular formula is C15H19N3O. The Labute approximate surface area is 112 Å². The van der Waals surface area contributed by atoms with E-state index in [0.29, 0.717) is 5.69 Å². The maximum absolute atomic E-state index is 12.4. The number of piperidine rings is 1. The van der Waals surface area contributed by atoms with Gasteiger partial charge in [0, 0.05) is 11.4 Å². The molecule has 2 aromatic rings. The van der Waals surface area contributed by atoms with Crippen LogP contribution in [0.1, 0.15) is 18.9 Å². The van der Waals surface area contributed by atoms with Crippen LogP contribution in [0.3, 0.4) is 0 Å². The molecule has 0 amide bonds. The molecule has 0 unspecified atom stereocenters. The SMILES string of the molecule is CN1CCC(n2c(=O)c(N)cc3ccccc32)CC1. The van der Waals surface area contributed by atoms with Crippen LogP contribution in [0, 0.1) is 0 Å². The number of benzene rings is 1. The van der Waals surface area contributed by atoms with Crippen LogP contribution in [-0.4, -0.2) is 29.6 Å². The molecule has 1 aliphatic heterocycles. The summed E-state index contributed by atoms with van der Waals surface area (Å²) in [5, 5.41) is 1.04. The Balaban J connectivity index is 2.16. The molecule has 1 fully saturated rings. The van der Waals surface area contributed by atoms with Crippen molar-refractivity contribution in [1.82, 2.24) is 9.47 Å². The molecular weight excluding hydrogens is 238 g/mol. The predicted molar refractivity (Wildman–Crippen MR) is 78.4 cm³/mol. The predicted octanol–water partition coefficient (Wildman–Crippen LogP) is 1.85. The molecule has 0 spiro atoms. The van der Waals surface area contributed by atoms with Crippen molar-refractivity contribution >= 4 is 16.6 Å². The number of likely N-dealkylation sites (tertiary alicyclic amines) is 1. The lowest BCUT2D eigenvalue weighted by molar-refractivity contribution is 0.222. The van der Waals surface area contributed by atoms with Gasteiger partial charge in [0.15, 0.2) is 0 Å². The molecule has 0 atom stereocenters. The molecule has 2 N–H and O–H groups in total. The normalized spacial score (nSPS) is 17.9. The summed E-state index contributed by atoms with van der Waals surface area (Å²) in [5.41, 5.74) is 7.17. The highest BCUT2D eigenvalue weighted by Crippen LogP contribution is 2.25. The van der Waals surface area contributed by atoms with Crippen molar-refractivity contribution in [1.29, 1.82) is 0 Å². The van der Waals surface area contributed by atoms with E-state index in [4.69, 9.17) is 5.73 Å². The van der Waals surface area contributed by atoms with Crippen molar-refractivity contribution in [2.24, 2.45) is 0 Å². The minimum absolute atomic E-state index is 0.0479. The zero-order valence-corrected chi connectivity index (χ0v) is 11.2. The van der Waals surface area contributed by atoms with E-state index < -0.39 is 0 Å². The summed E-state index contributed by atoms with van der Waals surface area (Å²) >= 11 is 0. The van der Waals surface area contributed by atoms with Crippen LogP contribution >= 0.6 is 0 Å². The average molecular weight is 257 g/mol. The van der Waals surface area contributed by atoms with Crippen molar-refractivity contribution in [3.63, 3.8) is 0 Å². The lowest BCUT2D eigenvalue weighted by Crippen LogP contribution is -2.36. The first-order valence-electron chi connectivity index (χ1n) is 6.75. The van der Waals surface area contributed by atoms with Gasteiger partial charge in [-0.3, -0.25) is 4.79 Å². The molecule has 0 bridgehead atoms. The van der Waals surface area contributed by atoms with Crippen LogP contribution in [0.4, 0.5) is 5.69 Å². The third kappa shape index (κ3) is 2.12. The number of para-hydroxylation sites is 1. The standard InChI is InChI=1S/C15H19N3O/c1-17-8-6-12(7-9-17)18-14-5-3-2-4-11(14)10-13(16)15(18)19/h2-5,10,12H,6-9,16H2,1H3. The highest BCUT2D eigenvalue weighted by Gasteiger charge is 2.21. The van der Waals surface area contributed by atoms with Gasteiger partial charge in [-0.2, -0.15) is 0 Å². The second kappa shape index (κ2) is 4.70. The molecule has 4 nitrogen and oxygen atoms in total. The van der Waals surface area contributed by atoms with E-state index in [0.717, 1.165) is 36.8 Å². The summed E-state index contributed by atoms with van der Waals surface area (Å²) in [6.45, 7) is 2.06. The highest BCUT2D eigenvalue weighted by atomic mass is 16.1. The van der Waals surface area contributed by atoms with Crippen LogP contribution in [-0.2, 0) is 0 Å². The molecule has 1 aliphatic rings. The largest absolute Gasteiger partial charge is 0.394 e. The Bertz CT molecular complexity index is 654. The Morgan fingerprint density at radius 3 is 2.63 bits per heavy atom. The molecule has 0 saturated carbocycles. The summed E-state index contributed by atoms with van der Waals surface area (Å²) in [6.07, 6.45) is 2.01. The zero-order valence-electron chi connectivity index (χ0n) is 11.2. The number of hydrogen-bond donors (Lipinski definition) is 1. The summed E-state index contributed by atoms with van der Waals surface area (Å²) in [5.74, 6) is 0. The molecule has 0 radical (unpaired) electrons. The third-order valence-electron chi connectivity index (χ3n) is 4.03. The Morgan fingerprint density at radius 2 is 1.89 bits per heavy atom. The monoisotopic (exact) mass is 257 g/mol. The molecule has 3 rings (SSSR count). The lowest BCUT2D eigenvalue weighted by atomic mass is 10.0. The second-order valence-electron chi connectivity index (χ2n) is 5.37. The minimum atomic E-state index is -0.0479. The number of hydrogen-bond acceptors (Lipinski definition) is 3. The van der Waals surface area contributed by atoms with E-state index in [-0.39, 0.29) is 11.6 Å². The van der Waals surface area contributed by atoms with Gasteiger partial charge >= 0.3 is 0 Å². The van der Waals surface area contributed by atoms with Crippen LogP contribution in [0.15, 0.2) is 35.1 Å². The number of rotatable bonds is 1. The molecule has 4 heteroatoms. The fourth-order valence-corrected chi connectivity index (χ4v) is 2.92. The van der Waals surface area contributed by atoms with Crippen molar-refractivity contribution in [3.8, 4) is 0 Å². The molecule has 19 heavy (non-hydrogen) atoms. The van der Waals surface area contributed by atoms with Gasteiger partial charge in [-0.05, 0) is 45.1 Å². The molecule has 1 aromatic heterocycles. The smallest absolute Gasteiger partial charge is 0.274 e. The number of fused-ring (bicyclic) bond motifs is 1. The maximum Gasteiger partial charge on any atom is 0.274 e. The van der Waals surface area contributed by atoms with Crippen LogP contribution in [0.5, 0.6) is 0 Å². The topological polar surface area (TPSA) is 51.3 Å². The number of nitrogen functional groups attached to an aromatic ring is 1. The van der Waals surface area contributed by atoms with E-state index in [2.05, 4.69) is 11.9 Å². The highest BCUT2D eigenvalue weighted by molar-refractivity contribution is 5.81. The van der Waals surface area contributed by atoms with Gasteiger partial charge < -0.3 is 15.2 Å². The fraction of sp³-hybridized carbons (Fsp3) is 0.400. The van der Waals surface area contributed by atoms with Crippen LogP contribution in [0.25, 0.3) is 10.9 Å². The van der Waals surface area contributed by atoms with Crippen molar-refractivity contribution in [3.05, 3.63) is 40.7 Å². The first-order valence-corrected chi connectivity index (χ1v) is 6.75. The van der Waals surface area contributed by atoms with Gasteiger partial charge in [0.1, 0.15) is 0 Å². The molecule has 1 saturated heterocycles. The van der Waals surface area contributed by atoms with Gasteiger partial charge in [0.05, 0.1) is 11.2 Å². The van der Waals surface area contributed by atoms with Crippen molar-refractivity contribution in [2.45, 2.75) is 18.9 Å². The van der Waals surface area contributed by atoms with Crippen molar-refractivity contribution < 1.29 is 0 Å². The zero-order chi connectivity index (χ0) is 13.4. The Hall–Kier alpha value is -1.81. The summed E-state index contributed by atoms with van der Waals surface area (Å²) < 4.78 is 1.90. The first kappa shape index (κ1) is 12.2. The quantitative estimate of drug-likeness (QED) is 0.848. The minimum Gasteiger partial charge on any atom is -0.394 e. The fourth-order valence-electron chi connectivity index (χ4n) is 2.92. The Kier molecular flexibility index (Phi) is 3.03. The number of nitrogens with two attached hydrogens (primary N) is 1. The van der Waals surface area contributed by atoms with E-state index in [1.165, 1.54) is 0 Å². The van der Waals surface area contributed by atoms with E-state index in [1.807, 2.05) is 28.8 Å². The average Bonchev–Trinajstić information content (AvgIpc) is 2.42. The molecule has 1 aromatic carbocycles. The van der Waals surface area contributed by atoms with Crippen LogP contribution in [0.2, 0.25) is 0 Å². The van der Waals surface area contributed by atoms with Gasteiger partial charge in [-0.1, -0.05) is 18.2 Å². The number of pyridine rings is 1. The van der Waals surface area contributed by atoms with Gasteiger partial charge in [0.25, 0.3) is 5.56 Å². The number of aromatic nitrogens is 1. The third-order valence-corrected chi connectivity index (χ3v) is 4.03. The lowest BCUT2D eigenvalue weighted by Gasteiger charge is -2.31. The number of nitrogens with zero attached hydrogens (tertiary/aromatic N) is 2. The van der Waals surface area contributed by atoms with E-state index >= 15 is 0 Å². The van der Waals surface area contributed by atoms with E-state index in [9.17, 15) is 4.79 Å². The molecule has 100 valence electrons. The van der Waals surface area contributed by atoms with Gasteiger partial charge in [0.2, 0.25) is 0 Å². The van der Waals surface area contributed by atoms with Crippen LogP contribution < -0.4 is 11.3 Å². The molecule has 0 aliphatic carbocycles. The van der Waals surface area contributed by atoms with Gasteiger partial charge in [-0.25, -0.2) is 0 Å². The summed E-state index contributed by atoms with van der Waals surface area (Å²) in [6, 6.07) is 10.0. The first-order chi connectivity index (χ1) is 9.16. The Morgan fingerprint density at radius 1 is 1.21 bits per heavy atom. The van der Waals surface area contributed by atoms with Gasteiger partial charge in [-0.15, -0.1) is 0 Å². The molecule has 2 heterocycles.